The third kappa shape index (κ3) is 5.95. The molecule has 1 amide bonds. The summed E-state index contributed by atoms with van der Waals surface area (Å²) in [7, 11) is 1.77. The van der Waals surface area contributed by atoms with Gasteiger partial charge in [-0.05, 0) is 43.3 Å². The lowest BCUT2D eigenvalue weighted by atomic mass is 10.2. The summed E-state index contributed by atoms with van der Waals surface area (Å²) in [6.07, 6.45) is 0.255. The van der Waals surface area contributed by atoms with Gasteiger partial charge >= 0.3 is 0 Å². The van der Waals surface area contributed by atoms with Crippen LogP contribution in [-0.4, -0.2) is 42.6 Å². The van der Waals surface area contributed by atoms with Crippen molar-refractivity contribution in [1.29, 1.82) is 0 Å². The second-order valence-corrected chi connectivity index (χ2v) is 7.66. The highest BCUT2D eigenvalue weighted by molar-refractivity contribution is 7.13. The number of ether oxygens (including phenoxy) is 2. The van der Waals surface area contributed by atoms with Gasteiger partial charge in [0.25, 0.3) is 0 Å². The van der Waals surface area contributed by atoms with Crippen LogP contribution in [0.5, 0.6) is 11.5 Å². The maximum atomic E-state index is 12.5. The number of nitrogens with zero attached hydrogens (tertiary/aromatic N) is 2. The first-order valence-corrected chi connectivity index (χ1v) is 10.6. The maximum Gasteiger partial charge on any atom is 0.228 e. The fourth-order valence-electron chi connectivity index (χ4n) is 2.68. The number of rotatable bonds is 9. The average Bonchev–Trinajstić information content (AvgIpc) is 3.18. The van der Waals surface area contributed by atoms with Gasteiger partial charge in [0.1, 0.15) is 23.1 Å². The van der Waals surface area contributed by atoms with Crippen molar-refractivity contribution < 1.29 is 14.3 Å². The van der Waals surface area contributed by atoms with Gasteiger partial charge in [-0.15, -0.1) is 11.3 Å². The van der Waals surface area contributed by atoms with Crippen molar-refractivity contribution in [2.45, 2.75) is 13.3 Å². The summed E-state index contributed by atoms with van der Waals surface area (Å²) in [6, 6.07) is 15.0. The molecule has 0 atom stereocenters. The third-order valence-corrected chi connectivity index (χ3v) is 5.41. The van der Waals surface area contributed by atoms with E-state index in [1.54, 1.807) is 36.2 Å². The summed E-state index contributed by atoms with van der Waals surface area (Å²) in [4.78, 5) is 18.8. The van der Waals surface area contributed by atoms with Gasteiger partial charge in [-0.3, -0.25) is 4.79 Å². The number of hydrogen-bond acceptors (Lipinski definition) is 5. The summed E-state index contributed by atoms with van der Waals surface area (Å²) in [5.74, 6) is 1.53. The highest BCUT2D eigenvalue weighted by atomic mass is 35.5. The number of likely N-dealkylation sites (N-methyl/N-ethyl adjacent to an activating group) is 1. The zero-order valence-electron chi connectivity index (χ0n) is 16.4. The van der Waals surface area contributed by atoms with Crippen LogP contribution >= 0.6 is 22.9 Å². The van der Waals surface area contributed by atoms with Crippen molar-refractivity contribution in [3.8, 4) is 22.1 Å². The molecule has 5 nitrogen and oxygen atoms in total. The number of carbonyl (C=O) groups is 1. The quantitative estimate of drug-likeness (QED) is 0.482. The van der Waals surface area contributed by atoms with E-state index < -0.39 is 0 Å². The first-order chi connectivity index (χ1) is 14.1. The molecule has 7 heteroatoms. The second kappa shape index (κ2) is 10.3. The van der Waals surface area contributed by atoms with Gasteiger partial charge in [0.15, 0.2) is 0 Å². The predicted molar refractivity (Wildman–Crippen MR) is 117 cm³/mol. The fraction of sp³-hybridized carbons (Fsp3) is 0.273. The Balaban J connectivity index is 1.53. The molecule has 152 valence electrons. The van der Waals surface area contributed by atoms with Gasteiger partial charge in [-0.2, -0.15) is 0 Å². The number of benzene rings is 2. The molecule has 3 rings (SSSR count). The van der Waals surface area contributed by atoms with Crippen LogP contribution in [0.15, 0.2) is 53.9 Å². The molecule has 1 heterocycles. The molecule has 0 bridgehead atoms. The van der Waals surface area contributed by atoms with E-state index in [1.165, 1.54) is 11.3 Å². The summed E-state index contributed by atoms with van der Waals surface area (Å²) in [5.41, 5.74) is 1.70. The van der Waals surface area contributed by atoms with Gasteiger partial charge < -0.3 is 14.4 Å². The molecule has 1 aromatic heterocycles. The van der Waals surface area contributed by atoms with Crippen LogP contribution in [0.1, 0.15) is 12.6 Å². The fourth-order valence-corrected chi connectivity index (χ4v) is 3.66. The van der Waals surface area contributed by atoms with Crippen molar-refractivity contribution in [1.82, 2.24) is 9.88 Å². The number of amides is 1. The van der Waals surface area contributed by atoms with Gasteiger partial charge in [0, 0.05) is 17.5 Å². The topological polar surface area (TPSA) is 51.7 Å². The molecule has 0 spiro atoms. The largest absolute Gasteiger partial charge is 0.493 e. The van der Waals surface area contributed by atoms with Gasteiger partial charge in [-0.1, -0.05) is 23.7 Å². The number of carbonyl (C=O) groups excluding carboxylic acids is 1. The van der Waals surface area contributed by atoms with Gasteiger partial charge in [0.2, 0.25) is 5.91 Å². The summed E-state index contributed by atoms with van der Waals surface area (Å²) in [5, 5.41) is 3.44. The Hall–Kier alpha value is -2.57. The van der Waals surface area contributed by atoms with Crippen LogP contribution < -0.4 is 9.47 Å². The molecule has 3 aromatic rings. The molecule has 0 saturated heterocycles. The van der Waals surface area contributed by atoms with Crippen LogP contribution in [0.25, 0.3) is 10.6 Å². The van der Waals surface area contributed by atoms with E-state index in [1.807, 2.05) is 36.6 Å². The SMILES string of the molecule is CCOc1ccccc1-c1nc(CC(=O)N(C)CCOc2ccc(Cl)cc2)cs1. The van der Waals surface area contributed by atoms with Crippen LogP contribution in [0.2, 0.25) is 5.02 Å². The number of halogens is 1. The van der Waals surface area contributed by atoms with Gasteiger partial charge in [-0.25, -0.2) is 4.98 Å². The summed E-state index contributed by atoms with van der Waals surface area (Å²) >= 11 is 7.37. The molecule has 0 N–H and O–H groups in total. The number of para-hydroxylation sites is 1. The van der Waals surface area contributed by atoms with E-state index in [0.29, 0.717) is 24.8 Å². The molecule has 29 heavy (non-hydrogen) atoms. The molecule has 0 unspecified atom stereocenters. The number of hydrogen-bond donors (Lipinski definition) is 0. The normalized spacial score (nSPS) is 10.6. The molecule has 0 fully saturated rings. The Bertz CT molecular complexity index is 943. The van der Waals surface area contributed by atoms with Crippen molar-refractivity contribution in [2.24, 2.45) is 0 Å². The Morgan fingerprint density at radius 1 is 1.14 bits per heavy atom. The highest BCUT2D eigenvalue weighted by Gasteiger charge is 2.15. The molecular formula is C22H23ClN2O3S. The first kappa shape index (κ1) is 21.1. The highest BCUT2D eigenvalue weighted by Crippen LogP contribution is 2.32. The monoisotopic (exact) mass is 430 g/mol. The van der Waals surface area contributed by atoms with E-state index in [0.717, 1.165) is 27.8 Å². The smallest absolute Gasteiger partial charge is 0.228 e. The molecule has 0 aliphatic carbocycles. The molecule has 0 aliphatic heterocycles. The predicted octanol–water partition coefficient (Wildman–Crippen LogP) is 4.94. The van der Waals surface area contributed by atoms with Crippen LogP contribution in [0, 0.1) is 0 Å². The first-order valence-electron chi connectivity index (χ1n) is 9.35. The van der Waals surface area contributed by atoms with Crippen molar-refractivity contribution in [3.63, 3.8) is 0 Å². The lowest BCUT2D eigenvalue weighted by Gasteiger charge is -2.17. The molecule has 0 radical (unpaired) electrons. The molecule has 2 aromatic carbocycles. The standard InChI is InChI=1S/C22H23ClN2O3S/c1-3-27-20-7-5-4-6-19(20)22-24-17(15-29-22)14-21(26)25(2)12-13-28-18-10-8-16(23)9-11-18/h4-11,15H,3,12-14H2,1-2H3. The average molecular weight is 431 g/mol. The minimum absolute atomic E-state index is 0.000325. The van der Waals surface area contributed by atoms with Crippen molar-refractivity contribution in [3.05, 3.63) is 64.6 Å². The van der Waals surface area contributed by atoms with E-state index in [4.69, 9.17) is 21.1 Å². The van der Waals surface area contributed by atoms with Crippen LogP contribution in [0.4, 0.5) is 0 Å². The van der Waals surface area contributed by atoms with Crippen LogP contribution in [0.3, 0.4) is 0 Å². The van der Waals surface area contributed by atoms with E-state index in [2.05, 4.69) is 4.98 Å². The van der Waals surface area contributed by atoms with Crippen molar-refractivity contribution >= 4 is 28.8 Å². The van der Waals surface area contributed by atoms with E-state index in [9.17, 15) is 4.79 Å². The third-order valence-electron chi connectivity index (χ3n) is 4.24. The lowest BCUT2D eigenvalue weighted by molar-refractivity contribution is -0.129. The number of thiazole rings is 1. The minimum atomic E-state index is -0.000325. The molecular weight excluding hydrogens is 408 g/mol. The van der Waals surface area contributed by atoms with E-state index in [-0.39, 0.29) is 12.3 Å². The number of aromatic nitrogens is 1. The molecule has 0 aliphatic rings. The second-order valence-electron chi connectivity index (χ2n) is 6.37. The Kier molecular flexibility index (Phi) is 7.49. The lowest BCUT2D eigenvalue weighted by Crippen LogP contribution is -2.32. The summed E-state index contributed by atoms with van der Waals surface area (Å²) < 4.78 is 11.3. The summed E-state index contributed by atoms with van der Waals surface area (Å²) in [6.45, 7) is 3.45. The Morgan fingerprint density at radius 2 is 1.90 bits per heavy atom. The Labute approximate surface area is 179 Å². The van der Waals surface area contributed by atoms with Gasteiger partial charge in [0.05, 0.1) is 30.8 Å². The zero-order valence-corrected chi connectivity index (χ0v) is 18.0. The minimum Gasteiger partial charge on any atom is -0.493 e. The van der Waals surface area contributed by atoms with E-state index >= 15 is 0 Å². The molecule has 0 saturated carbocycles. The van der Waals surface area contributed by atoms with Crippen LogP contribution in [-0.2, 0) is 11.2 Å². The Morgan fingerprint density at radius 3 is 2.66 bits per heavy atom. The maximum absolute atomic E-state index is 12.5. The zero-order chi connectivity index (χ0) is 20.6. The van der Waals surface area contributed by atoms with Crippen molar-refractivity contribution in [2.75, 3.05) is 26.8 Å².